The van der Waals surface area contributed by atoms with E-state index >= 15 is 0 Å². The first-order valence-electron chi connectivity index (χ1n) is 1.82. The Hall–Kier alpha value is -0.270. The molecule has 7 heavy (non-hydrogen) atoms. The summed E-state index contributed by atoms with van der Waals surface area (Å²) in [7, 11) is 0. The molecule has 2 N–H and O–H groups in total. The van der Waals surface area contributed by atoms with E-state index in [0.29, 0.717) is 0 Å². The Morgan fingerprint density at radius 1 is 1.29 bits per heavy atom. The Morgan fingerprint density at radius 3 is 1.57 bits per heavy atom. The molecule has 0 heterocycles. The van der Waals surface area contributed by atoms with Crippen molar-refractivity contribution in [3.8, 4) is 0 Å². The van der Waals surface area contributed by atoms with Crippen molar-refractivity contribution in [2.75, 3.05) is 0 Å². The molecule has 0 aliphatic carbocycles. The van der Waals surface area contributed by atoms with Gasteiger partial charge in [-0.25, -0.2) is 0 Å². The average molecular weight is 120 g/mol. The van der Waals surface area contributed by atoms with Crippen molar-refractivity contribution in [1.82, 2.24) is 0 Å². The van der Waals surface area contributed by atoms with Gasteiger partial charge in [-0.3, -0.25) is 0 Å². The number of rotatable bonds is 2. The quantitative estimate of drug-likeness (QED) is 0.542. The van der Waals surface area contributed by atoms with Gasteiger partial charge in [0.2, 0.25) is 0 Å². The molecule has 1 nitrogen and oxygen atoms in total. The van der Waals surface area contributed by atoms with E-state index in [4.69, 9.17) is 5.73 Å². The Balaban J connectivity index is 0. The first-order valence-corrected chi connectivity index (χ1v) is 1.82. The van der Waals surface area contributed by atoms with Crippen molar-refractivity contribution in [3.63, 3.8) is 0 Å². The lowest BCUT2D eigenvalue weighted by molar-refractivity contribution is 1.04. The van der Waals surface area contributed by atoms with Gasteiger partial charge in [0.1, 0.15) is 0 Å². The number of nitrogens with two attached hydrogens (primary N) is 1. The van der Waals surface area contributed by atoms with E-state index in [9.17, 15) is 0 Å². The van der Waals surface area contributed by atoms with Crippen molar-refractivity contribution in [2.45, 2.75) is 6.04 Å². The van der Waals surface area contributed by atoms with Gasteiger partial charge in [-0.2, -0.15) is 0 Å². The van der Waals surface area contributed by atoms with Crippen LogP contribution in [0.1, 0.15) is 0 Å². The van der Waals surface area contributed by atoms with Gasteiger partial charge in [-0.05, 0) is 0 Å². The van der Waals surface area contributed by atoms with Gasteiger partial charge in [0.25, 0.3) is 0 Å². The van der Waals surface area contributed by atoms with Crippen LogP contribution in [-0.2, 0) is 0 Å². The Morgan fingerprint density at radius 2 is 1.57 bits per heavy atom. The highest BCUT2D eigenvalue weighted by molar-refractivity contribution is 5.85. The number of halogens is 1. The molecule has 0 amide bonds. The van der Waals surface area contributed by atoms with Crippen LogP contribution in [0.3, 0.4) is 0 Å². The predicted molar refractivity (Wildman–Crippen MR) is 35.6 cm³/mol. The van der Waals surface area contributed by atoms with Crippen molar-refractivity contribution in [3.05, 3.63) is 25.3 Å². The monoisotopic (exact) mass is 119 g/mol. The van der Waals surface area contributed by atoms with E-state index in [1.807, 2.05) is 0 Å². The maximum Gasteiger partial charge on any atom is 0.0405 e. The fourth-order valence-corrected chi connectivity index (χ4v) is 0.0962. The highest BCUT2D eigenvalue weighted by atomic mass is 35.5. The average Bonchev–Trinajstić information content (AvgIpc) is 1.65. The van der Waals surface area contributed by atoms with Crippen LogP contribution in [-0.4, -0.2) is 6.04 Å². The minimum atomic E-state index is -0.0370. The van der Waals surface area contributed by atoms with Crippen molar-refractivity contribution in [2.24, 2.45) is 5.73 Å². The van der Waals surface area contributed by atoms with E-state index in [1.165, 1.54) is 0 Å². The Kier molecular flexibility index (Phi) is 8.08. The van der Waals surface area contributed by atoms with Crippen LogP contribution < -0.4 is 5.73 Å². The molecule has 0 atom stereocenters. The lowest BCUT2D eigenvalue weighted by Crippen LogP contribution is -2.10. The third-order valence-corrected chi connectivity index (χ3v) is 0.544. The molecule has 0 aromatic carbocycles. The number of hydrogen-bond acceptors (Lipinski definition) is 1. The molecular weight excluding hydrogens is 110 g/mol. The second kappa shape index (κ2) is 5.73. The molecule has 0 bridgehead atoms. The fraction of sp³-hybridized carbons (Fsp3) is 0.200. The highest BCUT2D eigenvalue weighted by Crippen LogP contribution is 1.74. The van der Waals surface area contributed by atoms with Crippen LogP contribution in [0.4, 0.5) is 0 Å². The topological polar surface area (TPSA) is 26.0 Å². The molecule has 0 aliphatic rings. The standard InChI is InChI=1S/C5H9N.ClH/c1-3-5(6)4-2;/h3-5H,1-2,6H2;1H. The molecule has 0 radical (unpaired) electrons. The van der Waals surface area contributed by atoms with Gasteiger partial charge < -0.3 is 5.73 Å². The van der Waals surface area contributed by atoms with E-state index in [-0.39, 0.29) is 18.4 Å². The molecular formula is C5H10ClN. The SMILES string of the molecule is C=CC(N)C=C.Cl. The van der Waals surface area contributed by atoms with Crippen LogP contribution in [0.15, 0.2) is 25.3 Å². The summed E-state index contributed by atoms with van der Waals surface area (Å²) in [5.41, 5.74) is 5.24. The highest BCUT2D eigenvalue weighted by Gasteiger charge is 1.78. The normalized spacial score (nSPS) is 7.14. The molecule has 0 spiro atoms. The van der Waals surface area contributed by atoms with Gasteiger partial charge in [-0.1, -0.05) is 12.2 Å². The van der Waals surface area contributed by atoms with Crippen LogP contribution >= 0.6 is 12.4 Å². The molecule has 0 saturated carbocycles. The zero-order chi connectivity index (χ0) is 4.99. The third-order valence-electron chi connectivity index (χ3n) is 0.544. The van der Waals surface area contributed by atoms with Crippen molar-refractivity contribution >= 4 is 12.4 Å². The minimum absolute atomic E-state index is 0. The van der Waals surface area contributed by atoms with Crippen molar-refractivity contribution in [1.29, 1.82) is 0 Å². The summed E-state index contributed by atoms with van der Waals surface area (Å²) >= 11 is 0. The first-order chi connectivity index (χ1) is 2.81. The maximum atomic E-state index is 5.24. The summed E-state index contributed by atoms with van der Waals surface area (Å²) in [6.07, 6.45) is 3.26. The van der Waals surface area contributed by atoms with Crippen LogP contribution in [0.2, 0.25) is 0 Å². The fourth-order valence-electron chi connectivity index (χ4n) is 0.0962. The molecule has 0 aromatic heterocycles. The van der Waals surface area contributed by atoms with E-state index in [2.05, 4.69) is 13.2 Å². The summed E-state index contributed by atoms with van der Waals surface area (Å²) in [4.78, 5) is 0. The zero-order valence-corrected chi connectivity index (χ0v) is 4.95. The van der Waals surface area contributed by atoms with Crippen molar-refractivity contribution < 1.29 is 0 Å². The van der Waals surface area contributed by atoms with Gasteiger partial charge in [-0.15, -0.1) is 25.6 Å². The number of hydrogen-bond donors (Lipinski definition) is 1. The summed E-state index contributed by atoms with van der Waals surface area (Å²) in [5.74, 6) is 0. The van der Waals surface area contributed by atoms with Gasteiger partial charge in [0.15, 0.2) is 0 Å². The molecule has 0 saturated heterocycles. The van der Waals surface area contributed by atoms with Gasteiger partial charge in [0, 0.05) is 6.04 Å². The second-order valence-electron chi connectivity index (χ2n) is 1.05. The Labute approximate surface area is 50.3 Å². The zero-order valence-electron chi connectivity index (χ0n) is 4.13. The minimum Gasteiger partial charge on any atom is -0.321 e. The smallest absolute Gasteiger partial charge is 0.0405 e. The van der Waals surface area contributed by atoms with Gasteiger partial charge in [0.05, 0.1) is 0 Å². The third kappa shape index (κ3) is 5.73. The largest absolute Gasteiger partial charge is 0.321 e. The molecule has 0 aromatic rings. The second-order valence-corrected chi connectivity index (χ2v) is 1.05. The molecule has 0 aliphatic heterocycles. The molecule has 0 rings (SSSR count). The van der Waals surface area contributed by atoms with E-state index in [0.717, 1.165) is 0 Å². The molecule has 0 unspecified atom stereocenters. The predicted octanol–water partition coefficient (Wildman–Crippen LogP) is 1.11. The molecule has 2 heteroatoms. The lowest BCUT2D eigenvalue weighted by Gasteiger charge is -1.89. The van der Waals surface area contributed by atoms with Crippen LogP contribution in [0.25, 0.3) is 0 Å². The summed E-state index contributed by atoms with van der Waals surface area (Å²) in [6, 6.07) is -0.0370. The van der Waals surface area contributed by atoms with E-state index in [1.54, 1.807) is 12.2 Å². The summed E-state index contributed by atoms with van der Waals surface area (Å²) < 4.78 is 0. The Bertz CT molecular complexity index is 53.1. The van der Waals surface area contributed by atoms with Crippen LogP contribution in [0, 0.1) is 0 Å². The molecule has 0 fully saturated rings. The summed E-state index contributed by atoms with van der Waals surface area (Å²) in [6.45, 7) is 6.87. The maximum absolute atomic E-state index is 5.24. The first kappa shape index (κ1) is 9.88. The van der Waals surface area contributed by atoms with Crippen LogP contribution in [0.5, 0.6) is 0 Å². The summed E-state index contributed by atoms with van der Waals surface area (Å²) in [5, 5.41) is 0. The lowest BCUT2D eigenvalue weighted by atomic mass is 10.3. The van der Waals surface area contributed by atoms with Gasteiger partial charge >= 0.3 is 0 Å². The van der Waals surface area contributed by atoms with E-state index < -0.39 is 0 Å². The molecule has 42 valence electrons.